The average Bonchev–Trinajstić information content (AvgIpc) is 2.68. The molecule has 0 saturated heterocycles. The topological polar surface area (TPSA) is 73.2 Å². The number of nitrogens with one attached hydrogen (secondary N) is 1. The van der Waals surface area contributed by atoms with Crippen LogP contribution in [-0.2, 0) is 9.84 Å². The molecule has 6 nitrogen and oxygen atoms in total. The minimum absolute atomic E-state index is 0.0122. The number of methoxy groups -OCH3 is 1. The molecule has 1 atom stereocenters. The molecule has 1 unspecified atom stereocenters. The first kappa shape index (κ1) is 15.0. The number of hydrogen-bond donors (Lipinski definition) is 1. The molecule has 0 saturated carbocycles. The predicted molar refractivity (Wildman–Crippen MR) is 70.7 cm³/mol. The second-order valence-corrected chi connectivity index (χ2v) is 6.76. The van der Waals surface area contributed by atoms with E-state index < -0.39 is 9.84 Å². The lowest BCUT2D eigenvalue weighted by Crippen LogP contribution is -2.28. The van der Waals surface area contributed by atoms with Crippen LogP contribution in [-0.4, -0.2) is 44.4 Å². The van der Waals surface area contributed by atoms with Crippen molar-refractivity contribution < 1.29 is 13.2 Å². The molecule has 0 radical (unpaired) electrons. The van der Waals surface area contributed by atoms with Gasteiger partial charge in [0.15, 0.2) is 5.75 Å². The van der Waals surface area contributed by atoms with E-state index in [4.69, 9.17) is 4.74 Å². The number of aromatic nitrogens is 2. The summed E-state index contributed by atoms with van der Waals surface area (Å²) in [6.45, 7) is 3.98. The monoisotopic (exact) mass is 275 g/mol. The van der Waals surface area contributed by atoms with E-state index in [1.165, 1.54) is 6.26 Å². The van der Waals surface area contributed by atoms with Gasteiger partial charge in [-0.05, 0) is 20.9 Å². The summed E-state index contributed by atoms with van der Waals surface area (Å²) in [5, 5.41) is 7.25. The second kappa shape index (κ2) is 5.71. The van der Waals surface area contributed by atoms with Crippen LogP contribution in [0, 0.1) is 0 Å². The maximum atomic E-state index is 11.5. The summed E-state index contributed by atoms with van der Waals surface area (Å²) in [7, 11) is 0.195. The molecule has 0 aromatic carbocycles. The Morgan fingerprint density at radius 2 is 2.11 bits per heavy atom. The van der Waals surface area contributed by atoms with Crippen LogP contribution < -0.4 is 10.1 Å². The van der Waals surface area contributed by atoms with E-state index in [1.54, 1.807) is 25.0 Å². The molecule has 104 valence electrons. The zero-order chi connectivity index (χ0) is 13.9. The van der Waals surface area contributed by atoms with Crippen molar-refractivity contribution in [2.24, 2.45) is 0 Å². The number of sulfone groups is 1. The minimum Gasteiger partial charge on any atom is -0.493 e. The van der Waals surface area contributed by atoms with Gasteiger partial charge in [0.1, 0.15) is 9.84 Å². The van der Waals surface area contributed by atoms with Gasteiger partial charge in [0.2, 0.25) is 0 Å². The summed E-state index contributed by atoms with van der Waals surface area (Å²) < 4.78 is 30.0. The lowest BCUT2D eigenvalue weighted by atomic mass is 10.2. The number of rotatable bonds is 6. The van der Waals surface area contributed by atoms with E-state index in [2.05, 4.69) is 10.4 Å². The summed E-state index contributed by atoms with van der Waals surface area (Å²) in [5.41, 5.74) is 0.764. The number of hydrogen-bond acceptors (Lipinski definition) is 5. The molecule has 1 heterocycles. The SMILES string of the molecule is CNC(CS(C)(=O)=O)c1c(OC)cnn1C(C)C. The second-order valence-electron chi connectivity index (χ2n) is 4.57. The number of nitrogens with zero attached hydrogens (tertiary/aromatic N) is 2. The van der Waals surface area contributed by atoms with Crippen LogP contribution in [0.4, 0.5) is 0 Å². The summed E-state index contributed by atoms with van der Waals surface area (Å²) in [5.74, 6) is 0.616. The van der Waals surface area contributed by atoms with E-state index in [1.807, 2.05) is 13.8 Å². The zero-order valence-corrected chi connectivity index (χ0v) is 12.3. The summed E-state index contributed by atoms with van der Waals surface area (Å²) in [4.78, 5) is 0. The molecule has 0 spiro atoms. The van der Waals surface area contributed by atoms with Crippen LogP contribution in [0.1, 0.15) is 31.6 Å². The Kier molecular flexibility index (Phi) is 4.75. The lowest BCUT2D eigenvalue weighted by molar-refractivity contribution is 0.393. The standard InChI is InChI=1S/C11H21N3O3S/c1-8(2)14-11(10(17-4)6-13-14)9(12-3)7-18(5,15)16/h6,8-9,12H,7H2,1-5H3. The van der Waals surface area contributed by atoms with Crippen LogP contribution in [0.5, 0.6) is 5.75 Å². The van der Waals surface area contributed by atoms with E-state index in [-0.39, 0.29) is 17.8 Å². The minimum atomic E-state index is -3.09. The van der Waals surface area contributed by atoms with Crippen molar-refractivity contribution in [3.63, 3.8) is 0 Å². The third kappa shape index (κ3) is 3.46. The van der Waals surface area contributed by atoms with Crippen molar-refractivity contribution in [1.29, 1.82) is 0 Å². The van der Waals surface area contributed by atoms with Crippen molar-refractivity contribution in [3.05, 3.63) is 11.9 Å². The molecule has 0 aliphatic rings. The van der Waals surface area contributed by atoms with Gasteiger partial charge in [-0.15, -0.1) is 0 Å². The van der Waals surface area contributed by atoms with Crippen LogP contribution in [0.2, 0.25) is 0 Å². The van der Waals surface area contributed by atoms with Gasteiger partial charge in [-0.1, -0.05) is 0 Å². The highest BCUT2D eigenvalue weighted by Crippen LogP contribution is 2.28. The van der Waals surface area contributed by atoms with E-state index in [0.29, 0.717) is 5.75 Å². The number of ether oxygens (including phenoxy) is 1. The van der Waals surface area contributed by atoms with Crippen molar-refractivity contribution in [1.82, 2.24) is 15.1 Å². The van der Waals surface area contributed by atoms with Gasteiger partial charge in [0.05, 0.1) is 30.8 Å². The van der Waals surface area contributed by atoms with Gasteiger partial charge in [-0.3, -0.25) is 4.68 Å². The van der Waals surface area contributed by atoms with Crippen molar-refractivity contribution >= 4 is 9.84 Å². The molecule has 7 heteroatoms. The Balaban J connectivity index is 3.22. The molecule has 0 fully saturated rings. The highest BCUT2D eigenvalue weighted by atomic mass is 32.2. The summed E-state index contributed by atoms with van der Waals surface area (Å²) in [6, 6.07) is -0.195. The van der Waals surface area contributed by atoms with Gasteiger partial charge < -0.3 is 10.1 Å². The largest absolute Gasteiger partial charge is 0.493 e. The van der Waals surface area contributed by atoms with E-state index in [9.17, 15) is 8.42 Å². The molecule has 1 aromatic rings. The molecular formula is C11H21N3O3S. The fraction of sp³-hybridized carbons (Fsp3) is 0.727. The van der Waals surface area contributed by atoms with Crippen molar-refractivity contribution in [2.45, 2.75) is 25.9 Å². The molecule has 0 aliphatic carbocycles. The Hall–Kier alpha value is -1.08. The molecule has 0 amide bonds. The Labute approximate surface area is 108 Å². The van der Waals surface area contributed by atoms with Gasteiger partial charge in [-0.25, -0.2) is 8.42 Å². The normalized spacial score (nSPS) is 13.9. The summed E-state index contributed by atoms with van der Waals surface area (Å²) in [6.07, 6.45) is 2.84. The first-order chi connectivity index (χ1) is 8.30. The Bertz CT molecular complexity index is 494. The highest BCUT2D eigenvalue weighted by molar-refractivity contribution is 7.90. The van der Waals surface area contributed by atoms with Gasteiger partial charge in [0, 0.05) is 12.3 Å². The van der Waals surface area contributed by atoms with Crippen LogP contribution in [0.15, 0.2) is 6.20 Å². The quantitative estimate of drug-likeness (QED) is 0.830. The smallest absolute Gasteiger partial charge is 0.161 e. The third-order valence-corrected chi connectivity index (χ3v) is 3.59. The average molecular weight is 275 g/mol. The molecule has 1 aromatic heterocycles. The van der Waals surface area contributed by atoms with Gasteiger partial charge in [-0.2, -0.15) is 5.10 Å². The van der Waals surface area contributed by atoms with Crippen LogP contribution in [0.3, 0.4) is 0 Å². The fourth-order valence-electron chi connectivity index (χ4n) is 1.86. The molecule has 1 N–H and O–H groups in total. The first-order valence-electron chi connectivity index (χ1n) is 5.76. The van der Waals surface area contributed by atoms with Gasteiger partial charge in [0.25, 0.3) is 0 Å². The maximum absolute atomic E-state index is 11.5. The molecule has 0 aliphatic heterocycles. The molecule has 0 bridgehead atoms. The fourth-order valence-corrected chi connectivity index (χ4v) is 2.79. The van der Waals surface area contributed by atoms with Crippen molar-refractivity contribution in [3.8, 4) is 5.75 Å². The summed E-state index contributed by atoms with van der Waals surface area (Å²) >= 11 is 0. The first-order valence-corrected chi connectivity index (χ1v) is 7.82. The van der Waals surface area contributed by atoms with Gasteiger partial charge >= 0.3 is 0 Å². The van der Waals surface area contributed by atoms with Crippen LogP contribution >= 0.6 is 0 Å². The molecule has 1 rings (SSSR count). The van der Waals surface area contributed by atoms with E-state index in [0.717, 1.165) is 5.69 Å². The molecule has 18 heavy (non-hydrogen) atoms. The Morgan fingerprint density at radius 3 is 2.50 bits per heavy atom. The molecular weight excluding hydrogens is 254 g/mol. The zero-order valence-electron chi connectivity index (χ0n) is 11.5. The highest BCUT2D eigenvalue weighted by Gasteiger charge is 2.25. The predicted octanol–water partition coefficient (Wildman–Crippen LogP) is 0.778. The van der Waals surface area contributed by atoms with E-state index >= 15 is 0 Å². The van der Waals surface area contributed by atoms with Crippen molar-refractivity contribution in [2.75, 3.05) is 26.2 Å². The van der Waals surface area contributed by atoms with Crippen LogP contribution in [0.25, 0.3) is 0 Å². The third-order valence-electron chi connectivity index (χ3n) is 2.66. The Morgan fingerprint density at radius 1 is 1.50 bits per heavy atom. The maximum Gasteiger partial charge on any atom is 0.161 e. The lowest BCUT2D eigenvalue weighted by Gasteiger charge is -2.20.